The predicted octanol–water partition coefficient (Wildman–Crippen LogP) is 3.87. The summed E-state index contributed by atoms with van der Waals surface area (Å²) in [5.41, 5.74) is 0. The highest BCUT2D eigenvalue weighted by molar-refractivity contribution is 4.60. The van der Waals surface area contributed by atoms with Crippen molar-refractivity contribution in [3.8, 4) is 0 Å². The lowest BCUT2D eigenvalue weighted by Crippen LogP contribution is -2.43. The van der Waals surface area contributed by atoms with Crippen LogP contribution in [0.25, 0.3) is 0 Å². The molecule has 1 unspecified atom stereocenters. The molecule has 18 heavy (non-hydrogen) atoms. The van der Waals surface area contributed by atoms with Gasteiger partial charge in [0.2, 0.25) is 0 Å². The van der Waals surface area contributed by atoms with E-state index in [0.29, 0.717) is 0 Å². The molecule has 0 spiro atoms. The van der Waals surface area contributed by atoms with Crippen molar-refractivity contribution < 1.29 is 4.48 Å². The minimum Gasteiger partial charge on any atom is -0.312 e. The van der Waals surface area contributed by atoms with Crippen LogP contribution in [0.4, 0.5) is 0 Å². The lowest BCUT2D eigenvalue weighted by atomic mass is 10.1. The van der Waals surface area contributed by atoms with Crippen molar-refractivity contribution in [2.24, 2.45) is 0 Å². The van der Waals surface area contributed by atoms with Gasteiger partial charge in [0.1, 0.15) is 6.67 Å². The third-order valence-electron chi connectivity index (χ3n) is 4.34. The zero-order valence-electron chi connectivity index (χ0n) is 13.1. The highest BCUT2D eigenvalue weighted by Crippen LogP contribution is 2.16. The maximum absolute atomic E-state index is 2.64. The number of nitrogens with zero attached hydrogens (tertiary/aromatic N) is 2. The molecule has 1 aliphatic rings. The Morgan fingerprint density at radius 3 is 2.22 bits per heavy atom. The fraction of sp³-hybridized carbons (Fsp3) is 1.00. The van der Waals surface area contributed by atoms with E-state index >= 15 is 0 Å². The summed E-state index contributed by atoms with van der Waals surface area (Å²) in [6.45, 7) is 11.3. The third-order valence-corrected chi connectivity index (χ3v) is 4.34. The van der Waals surface area contributed by atoms with Crippen LogP contribution in [-0.4, -0.2) is 49.3 Å². The Morgan fingerprint density at radius 1 is 0.889 bits per heavy atom. The van der Waals surface area contributed by atoms with Crippen molar-refractivity contribution in [1.29, 1.82) is 0 Å². The van der Waals surface area contributed by atoms with Crippen molar-refractivity contribution >= 4 is 0 Å². The Balaban J connectivity index is 2.01. The smallest absolute Gasteiger partial charge is 0.135 e. The van der Waals surface area contributed by atoms with Gasteiger partial charge in [0, 0.05) is 6.54 Å². The average molecular weight is 255 g/mol. The molecule has 0 saturated carbocycles. The molecule has 0 N–H and O–H groups in total. The van der Waals surface area contributed by atoms with Crippen LogP contribution >= 0.6 is 0 Å². The van der Waals surface area contributed by atoms with E-state index in [9.17, 15) is 0 Å². The molecule has 1 saturated heterocycles. The van der Waals surface area contributed by atoms with Crippen LogP contribution in [0.1, 0.15) is 65.2 Å². The number of unbranched alkanes of at least 4 members (excludes halogenated alkanes) is 6. The SMILES string of the molecule is CCCCCCCCC[N+]1(C)CCN(CCC)C1. The Labute approximate surface area is 115 Å². The fourth-order valence-corrected chi connectivity index (χ4v) is 3.14. The topological polar surface area (TPSA) is 3.24 Å². The lowest BCUT2D eigenvalue weighted by Gasteiger charge is -2.29. The first-order chi connectivity index (χ1) is 8.70. The van der Waals surface area contributed by atoms with Gasteiger partial charge in [-0.25, -0.2) is 0 Å². The second-order valence-corrected chi connectivity index (χ2v) is 6.45. The molecule has 0 aliphatic carbocycles. The van der Waals surface area contributed by atoms with Crippen LogP contribution in [0.2, 0.25) is 0 Å². The fourth-order valence-electron chi connectivity index (χ4n) is 3.14. The average Bonchev–Trinajstić information content (AvgIpc) is 2.71. The van der Waals surface area contributed by atoms with Gasteiger partial charge >= 0.3 is 0 Å². The van der Waals surface area contributed by atoms with Crippen LogP contribution in [0, 0.1) is 0 Å². The molecule has 108 valence electrons. The van der Waals surface area contributed by atoms with Crippen molar-refractivity contribution in [3.05, 3.63) is 0 Å². The normalized spacial score (nSPS) is 24.8. The summed E-state index contributed by atoms with van der Waals surface area (Å²) in [5.74, 6) is 0. The second-order valence-electron chi connectivity index (χ2n) is 6.45. The third kappa shape index (κ3) is 6.19. The summed E-state index contributed by atoms with van der Waals surface area (Å²) in [7, 11) is 2.45. The highest BCUT2D eigenvalue weighted by Gasteiger charge is 2.31. The van der Waals surface area contributed by atoms with E-state index < -0.39 is 0 Å². The molecule has 0 aromatic rings. The van der Waals surface area contributed by atoms with Crippen molar-refractivity contribution in [2.75, 3.05) is 39.9 Å². The van der Waals surface area contributed by atoms with Crippen LogP contribution < -0.4 is 0 Å². The molecule has 1 atom stereocenters. The molecular weight excluding hydrogens is 220 g/mol. The molecule has 0 aromatic carbocycles. The molecule has 1 fully saturated rings. The first kappa shape index (κ1) is 16.0. The quantitative estimate of drug-likeness (QED) is 0.423. The van der Waals surface area contributed by atoms with Gasteiger partial charge in [-0.05, 0) is 19.3 Å². The maximum atomic E-state index is 2.64. The molecule has 1 aliphatic heterocycles. The van der Waals surface area contributed by atoms with Gasteiger partial charge < -0.3 is 4.48 Å². The summed E-state index contributed by atoms with van der Waals surface area (Å²) in [6.07, 6.45) is 11.3. The molecular formula is C16H35N2+. The van der Waals surface area contributed by atoms with Gasteiger partial charge in [0.15, 0.2) is 0 Å². The van der Waals surface area contributed by atoms with Crippen LogP contribution in [0.5, 0.6) is 0 Å². The van der Waals surface area contributed by atoms with E-state index in [1.807, 2.05) is 0 Å². The van der Waals surface area contributed by atoms with Crippen molar-refractivity contribution in [2.45, 2.75) is 65.2 Å². The van der Waals surface area contributed by atoms with E-state index in [-0.39, 0.29) is 0 Å². The van der Waals surface area contributed by atoms with Gasteiger partial charge in [-0.15, -0.1) is 0 Å². The Kier molecular flexibility index (Phi) is 7.92. The first-order valence-electron chi connectivity index (χ1n) is 8.26. The molecule has 2 nitrogen and oxygen atoms in total. The van der Waals surface area contributed by atoms with E-state index in [4.69, 9.17) is 0 Å². The van der Waals surface area contributed by atoms with Gasteiger partial charge in [0.25, 0.3) is 0 Å². The summed E-state index contributed by atoms with van der Waals surface area (Å²) < 4.78 is 1.30. The lowest BCUT2D eigenvalue weighted by molar-refractivity contribution is -0.902. The minimum atomic E-state index is 1.30. The summed E-state index contributed by atoms with van der Waals surface area (Å²) >= 11 is 0. The van der Waals surface area contributed by atoms with Crippen molar-refractivity contribution in [1.82, 2.24) is 4.90 Å². The first-order valence-corrected chi connectivity index (χ1v) is 8.26. The Morgan fingerprint density at radius 2 is 1.56 bits per heavy atom. The van der Waals surface area contributed by atoms with Gasteiger partial charge in [-0.1, -0.05) is 46.0 Å². The van der Waals surface area contributed by atoms with Crippen LogP contribution in [0.15, 0.2) is 0 Å². The number of quaternary nitrogens is 1. The molecule has 1 heterocycles. The maximum Gasteiger partial charge on any atom is 0.135 e. The molecule has 0 aromatic heterocycles. The van der Waals surface area contributed by atoms with E-state index in [1.165, 1.54) is 88.7 Å². The monoisotopic (exact) mass is 255 g/mol. The molecule has 2 heteroatoms. The largest absolute Gasteiger partial charge is 0.312 e. The van der Waals surface area contributed by atoms with E-state index in [0.717, 1.165) is 0 Å². The van der Waals surface area contributed by atoms with Crippen LogP contribution in [0.3, 0.4) is 0 Å². The van der Waals surface area contributed by atoms with E-state index in [2.05, 4.69) is 25.8 Å². The van der Waals surface area contributed by atoms with Gasteiger partial charge in [-0.2, -0.15) is 0 Å². The molecule has 0 amide bonds. The Hall–Kier alpha value is -0.0800. The zero-order valence-corrected chi connectivity index (χ0v) is 13.1. The molecule has 0 radical (unpaired) electrons. The number of hydrogen-bond donors (Lipinski definition) is 0. The van der Waals surface area contributed by atoms with E-state index in [1.54, 1.807) is 0 Å². The number of hydrogen-bond acceptors (Lipinski definition) is 1. The zero-order chi connectivity index (χ0) is 13.3. The summed E-state index contributed by atoms with van der Waals surface area (Å²) in [5, 5.41) is 0. The van der Waals surface area contributed by atoms with Crippen LogP contribution in [-0.2, 0) is 0 Å². The number of rotatable bonds is 10. The summed E-state index contributed by atoms with van der Waals surface area (Å²) in [6, 6.07) is 0. The van der Waals surface area contributed by atoms with Crippen molar-refractivity contribution in [3.63, 3.8) is 0 Å². The van der Waals surface area contributed by atoms with Gasteiger partial charge in [0.05, 0.1) is 26.7 Å². The Bertz CT molecular complexity index is 205. The standard InChI is InChI=1S/C16H35N2/c1-4-6-7-8-9-10-11-14-18(3)15-13-17(16-18)12-5-2/h4-16H2,1-3H3/q+1. The number of likely N-dealkylation sites (N-methyl/N-ethyl adjacent to an activating group) is 1. The molecule has 1 rings (SSSR count). The van der Waals surface area contributed by atoms with Gasteiger partial charge in [-0.3, -0.25) is 4.90 Å². The minimum absolute atomic E-state index is 1.30. The molecule has 0 bridgehead atoms. The highest BCUT2D eigenvalue weighted by atomic mass is 15.5. The predicted molar refractivity (Wildman–Crippen MR) is 80.6 cm³/mol. The second kappa shape index (κ2) is 8.92. The summed E-state index contributed by atoms with van der Waals surface area (Å²) in [4.78, 5) is 2.64.